The molecule has 0 bridgehead atoms. The molecule has 1 aromatic carbocycles. The van der Waals surface area contributed by atoms with Crippen molar-refractivity contribution in [3.63, 3.8) is 0 Å². The van der Waals surface area contributed by atoms with Crippen molar-refractivity contribution >= 4 is 17.6 Å². The molecule has 0 saturated heterocycles. The van der Waals surface area contributed by atoms with Gasteiger partial charge in [0.1, 0.15) is 6.61 Å². The molecular formula is C20H22N2O6. The number of para-hydroxylation sites is 1. The first-order valence-corrected chi connectivity index (χ1v) is 9.30. The number of carbonyl (C=O) groups excluding carboxylic acids is 2. The SMILES string of the molecule is CCCOC(=O)C1=C(CCC)NC2=C(C(=O)OC2)C1c1ccccc1[N+](=O)[O-]. The number of dihydropyridines is 1. The van der Waals surface area contributed by atoms with Gasteiger partial charge in [0.15, 0.2) is 0 Å². The molecule has 2 heterocycles. The average molecular weight is 386 g/mol. The fraction of sp³-hybridized carbons (Fsp3) is 0.400. The number of nitro groups is 1. The van der Waals surface area contributed by atoms with Crippen LogP contribution in [0.5, 0.6) is 0 Å². The van der Waals surface area contributed by atoms with E-state index in [1.165, 1.54) is 6.07 Å². The summed E-state index contributed by atoms with van der Waals surface area (Å²) in [5.41, 5.74) is 1.75. The van der Waals surface area contributed by atoms with Gasteiger partial charge in [0.2, 0.25) is 0 Å². The van der Waals surface area contributed by atoms with Gasteiger partial charge >= 0.3 is 11.9 Å². The molecule has 0 fully saturated rings. The van der Waals surface area contributed by atoms with Crippen molar-refractivity contribution in [2.75, 3.05) is 13.2 Å². The Morgan fingerprint density at radius 3 is 2.75 bits per heavy atom. The van der Waals surface area contributed by atoms with Gasteiger partial charge in [-0.3, -0.25) is 10.1 Å². The highest BCUT2D eigenvalue weighted by molar-refractivity contribution is 6.01. The van der Waals surface area contributed by atoms with Crippen LogP contribution < -0.4 is 5.32 Å². The molecule has 0 radical (unpaired) electrons. The summed E-state index contributed by atoms with van der Waals surface area (Å²) in [6.45, 7) is 4.11. The summed E-state index contributed by atoms with van der Waals surface area (Å²) >= 11 is 0. The molecule has 0 aromatic heterocycles. The second-order valence-electron chi connectivity index (χ2n) is 6.62. The number of nitrogens with zero attached hydrogens (tertiary/aromatic N) is 1. The predicted octanol–water partition coefficient (Wildman–Crippen LogP) is 3.10. The van der Waals surface area contributed by atoms with Gasteiger partial charge < -0.3 is 14.8 Å². The van der Waals surface area contributed by atoms with E-state index in [4.69, 9.17) is 9.47 Å². The Morgan fingerprint density at radius 1 is 1.32 bits per heavy atom. The summed E-state index contributed by atoms with van der Waals surface area (Å²) in [4.78, 5) is 36.5. The van der Waals surface area contributed by atoms with Crippen LogP contribution in [0.15, 0.2) is 46.8 Å². The van der Waals surface area contributed by atoms with Crippen LogP contribution in [0, 0.1) is 10.1 Å². The smallest absolute Gasteiger partial charge is 0.337 e. The predicted molar refractivity (Wildman–Crippen MR) is 100 cm³/mol. The van der Waals surface area contributed by atoms with Crippen LogP contribution in [0.25, 0.3) is 0 Å². The number of hydrogen-bond donors (Lipinski definition) is 1. The number of benzene rings is 1. The van der Waals surface area contributed by atoms with E-state index in [-0.39, 0.29) is 35.6 Å². The van der Waals surface area contributed by atoms with Crippen molar-refractivity contribution in [3.05, 3.63) is 62.5 Å². The molecule has 1 aromatic rings. The van der Waals surface area contributed by atoms with Crippen LogP contribution in [-0.2, 0) is 19.1 Å². The number of allylic oxidation sites excluding steroid dienone is 1. The lowest BCUT2D eigenvalue weighted by Crippen LogP contribution is -2.31. The molecule has 0 amide bonds. The molecule has 0 saturated carbocycles. The lowest BCUT2D eigenvalue weighted by Gasteiger charge is -2.28. The van der Waals surface area contributed by atoms with Crippen molar-refractivity contribution in [2.45, 2.75) is 39.0 Å². The summed E-state index contributed by atoms with van der Waals surface area (Å²) in [5.74, 6) is -2.06. The Hall–Kier alpha value is -3.16. The maximum Gasteiger partial charge on any atom is 0.337 e. The maximum atomic E-state index is 12.9. The molecule has 2 aliphatic heterocycles. The third-order valence-corrected chi connectivity index (χ3v) is 4.70. The molecule has 8 nitrogen and oxygen atoms in total. The van der Waals surface area contributed by atoms with Gasteiger partial charge in [-0.15, -0.1) is 0 Å². The minimum Gasteiger partial charge on any atom is -0.462 e. The van der Waals surface area contributed by atoms with Crippen LogP contribution in [-0.4, -0.2) is 30.1 Å². The number of nitrogens with one attached hydrogen (secondary N) is 1. The zero-order valence-corrected chi connectivity index (χ0v) is 15.8. The van der Waals surface area contributed by atoms with Crippen molar-refractivity contribution in [3.8, 4) is 0 Å². The van der Waals surface area contributed by atoms with E-state index < -0.39 is 22.8 Å². The minimum atomic E-state index is -0.904. The first-order chi connectivity index (χ1) is 13.5. The highest BCUT2D eigenvalue weighted by Gasteiger charge is 2.44. The number of esters is 2. The molecule has 1 unspecified atom stereocenters. The standard InChI is InChI=1S/C20H22N2O6/c1-3-7-13-17(19(23)27-10-4-2)16(18-14(21-13)11-28-20(18)24)12-8-5-6-9-15(12)22(25)26/h5-6,8-9,16,21H,3-4,7,10-11H2,1-2H3. The van der Waals surface area contributed by atoms with Crippen molar-refractivity contribution in [1.82, 2.24) is 5.32 Å². The quantitative estimate of drug-likeness (QED) is 0.436. The number of ether oxygens (including phenoxy) is 2. The van der Waals surface area contributed by atoms with Gasteiger partial charge in [-0.1, -0.05) is 38.5 Å². The van der Waals surface area contributed by atoms with Gasteiger partial charge in [-0.25, -0.2) is 9.59 Å². The summed E-state index contributed by atoms with van der Waals surface area (Å²) < 4.78 is 10.5. The monoisotopic (exact) mass is 386 g/mol. The number of nitro benzene ring substituents is 1. The van der Waals surface area contributed by atoms with E-state index in [0.717, 1.165) is 6.42 Å². The number of cyclic esters (lactones) is 1. The molecule has 8 heteroatoms. The van der Waals surface area contributed by atoms with E-state index in [2.05, 4.69) is 5.32 Å². The largest absolute Gasteiger partial charge is 0.462 e. The van der Waals surface area contributed by atoms with E-state index >= 15 is 0 Å². The van der Waals surface area contributed by atoms with E-state index in [9.17, 15) is 19.7 Å². The zero-order valence-electron chi connectivity index (χ0n) is 15.8. The topological polar surface area (TPSA) is 108 Å². The van der Waals surface area contributed by atoms with E-state index in [1.54, 1.807) is 18.2 Å². The summed E-state index contributed by atoms with van der Waals surface area (Å²) in [6.07, 6.45) is 1.92. The van der Waals surface area contributed by atoms with Crippen LogP contribution >= 0.6 is 0 Å². The zero-order chi connectivity index (χ0) is 20.3. The normalized spacial score (nSPS) is 18.5. The van der Waals surface area contributed by atoms with Gasteiger partial charge in [-0.2, -0.15) is 0 Å². The minimum absolute atomic E-state index is 0.0514. The van der Waals surface area contributed by atoms with Crippen LogP contribution in [0.2, 0.25) is 0 Å². The van der Waals surface area contributed by atoms with E-state index in [1.807, 2.05) is 13.8 Å². The highest BCUT2D eigenvalue weighted by atomic mass is 16.6. The molecule has 3 rings (SSSR count). The second-order valence-corrected chi connectivity index (χ2v) is 6.62. The van der Waals surface area contributed by atoms with Gasteiger partial charge in [-0.05, 0) is 12.8 Å². The van der Waals surface area contributed by atoms with Crippen LogP contribution in [0.4, 0.5) is 5.69 Å². The Balaban J connectivity index is 2.22. The Labute approximate surface area is 162 Å². The third kappa shape index (κ3) is 3.49. The van der Waals surface area contributed by atoms with Gasteiger partial charge in [0.25, 0.3) is 5.69 Å². The summed E-state index contributed by atoms with van der Waals surface area (Å²) in [7, 11) is 0. The Bertz CT molecular complexity index is 886. The first-order valence-electron chi connectivity index (χ1n) is 9.30. The van der Waals surface area contributed by atoms with Gasteiger partial charge in [0.05, 0.1) is 34.3 Å². The summed E-state index contributed by atoms with van der Waals surface area (Å²) in [6, 6.07) is 6.14. The maximum absolute atomic E-state index is 12.9. The molecule has 0 aliphatic carbocycles. The van der Waals surface area contributed by atoms with E-state index in [0.29, 0.717) is 24.2 Å². The number of hydrogen-bond acceptors (Lipinski definition) is 7. The fourth-order valence-corrected chi connectivity index (χ4v) is 3.55. The van der Waals surface area contributed by atoms with Crippen molar-refractivity contribution < 1.29 is 24.0 Å². The lowest BCUT2D eigenvalue weighted by atomic mass is 9.79. The molecule has 1 atom stereocenters. The lowest BCUT2D eigenvalue weighted by molar-refractivity contribution is -0.385. The van der Waals surface area contributed by atoms with Crippen LogP contribution in [0.1, 0.15) is 44.6 Å². The molecule has 2 aliphatic rings. The van der Waals surface area contributed by atoms with Crippen molar-refractivity contribution in [1.29, 1.82) is 0 Å². The molecule has 148 valence electrons. The molecule has 28 heavy (non-hydrogen) atoms. The first kappa shape index (κ1) is 19.6. The van der Waals surface area contributed by atoms with Gasteiger partial charge in [0, 0.05) is 17.3 Å². The molecular weight excluding hydrogens is 364 g/mol. The van der Waals surface area contributed by atoms with Crippen molar-refractivity contribution in [2.24, 2.45) is 0 Å². The Morgan fingerprint density at radius 2 is 2.07 bits per heavy atom. The third-order valence-electron chi connectivity index (χ3n) is 4.70. The number of carbonyl (C=O) groups is 2. The molecule has 0 spiro atoms. The van der Waals surface area contributed by atoms with Crippen LogP contribution in [0.3, 0.4) is 0 Å². The molecule has 1 N–H and O–H groups in total. The number of rotatable bonds is 7. The highest BCUT2D eigenvalue weighted by Crippen LogP contribution is 2.44. The fourth-order valence-electron chi connectivity index (χ4n) is 3.55. The summed E-state index contributed by atoms with van der Waals surface area (Å²) in [5, 5.41) is 14.8. The average Bonchev–Trinajstić information content (AvgIpc) is 3.05. The Kier molecular flexibility index (Phi) is 5.77. The second kappa shape index (κ2) is 8.24.